The number of halogens is 3. The summed E-state index contributed by atoms with van der Waals surface area (Å²) in [5.74, 6) is -1.04. The molecule has 6 aromatic carbocycles. The maximum Gasteiger partial charge on any atom is 0.193 e. The predicted octanol–water partition coefficient (Wildman–Crippen LogP) is 9.98. The summed E-state index contributed by atoms with van der Waals surface area (Å²) in [4.78, 5) is 15.9. The number of hydrogen-bond donors (Lipinski definition) is 0. The fourth-order valence-corrected chi connectivity index (χ4v) is 9.19. The molecular formula is C38H25ClF2O4S3. The summed E-state index contributed by atoms with van der Waals surface area (Å²) >= 11 is 8.01. The van der Waals surface area contributed by atoms with Crippen LogP contribution in [0.4, 0.5) is 8.78 Å². The summed E-state index contributed by atoms with van der Waals surface area (Å²) in [6.45, 7) is 1.80. The van der Waals surface area contributed by atoms with Crippen molar-refractivity contribution in [3.05, 3.63) is 167 Å². The predicted molar refractivity (Wildman–Crippen MR) is 185 cm³/mol. The average molecular weight is 715 g/mol. The standard InChI is InChI=1S/C38H25ClF2O4S3/c1-24-7-18-32(48(43,44)45)23-37(24)47(31-16-11-28(40)12-17-31)36-20-13-29(41)22-33(36)25-8-14-30(15-9-25)46-35-19-10-27(21-34(35)39)38(42)26-5-3-2-4-6-26/h2-23H,1H3. The molecule has 0 aliphatic heterocycles. The van der Waals surface area contributed by atoms with Gasteiger partial charge in [0.05, 0.1) is 9.92 Å². The molecule has 0 aliphatic carbocycles. The van der Waals surface area contributed by atoms with E-state index in [4.69, 9.17) is 11.6 Å². The number of carbonyl (C=O) groups excluding carboxylic acids is 1. The van der Waals surface area contributed by atoms with Gasteiger partial charge < -0.3 is 4.55 Å². The normalized spacial score (nSPS) is 12.1. The van der Waals surface area contributed by atoms with Gasteiger partial charge in [-0.1, -0.05) is 71.9 Å². The summed E-state index contributed by atoms with van der Waals surface area (Å²) in [5.41, 5.74) is 3.01. The summed E-state index contributed by atoms with van der Waals surface area (Å²) in [7, 11) is -5.81. The quantitative estimate of drug-likeness (QED) is 0.0847. The number of rotatable bonds is 9. The van der Waals surface area contributed by atoms with Crippen LogP contribution in [0.3, 0.4) is 0 Å². The molecule has 0 N–H and O–H groups in total. The van der Waals surface area contributed by atoms with Crippen molar-refractivity contribution in [1.29, 1.82) is 0 Å². The topological polar surface area (TPSA) is 74.3 Å². The molecule has 0 fully saturated rings. The van der Waals surface area contributed by atoms with E-state index in [2.05, 4.69) is 0 Å². The van der Waals surface area contributed by atoms with Gasteiger partial charge in [-0.15, -0.1) is 0 Å². The van der Waals surface area contributed by atoms with Gasteiger partial charge in [-0.05, 0) is 91.3 Å². The van der Waals surface area contributed by atoms with Gasteiger partial charge in [-0.3, -0.25) is 4.79 Å². The van der Waals surface area contributed by atoms with Crippen LogP contribution in [0.15, 0.2) is 163 Å². The van der Waals surface area contributed by atoms with E-state index in [-0.39, 0.29) is 10.7 Å². The third kappa shape index (κ3) is 7.41. The molecule has 240 valence electrons. The lowest BCUT2D eigenvalue weighted by Crippen LogP contribution is -2.10. The van der Waals surface area contributed by atoms with Crippen molar-refractivity contribution >= 4 is 50.2 Å². The van der Waals surface area contributed by atoms with E-state index >= 15 is 0 Å². The molecular weight excluding hydrogens is 690 g/mol. The van der Waals surface area contributed by atoms with E-state index in [1.165, 1.54) is 48.2 Å². The lowest BCUT2D eigenvalue weighted by Gasteiger charge is -2.16. The highest BCUT2D eigenvalue weighted by atomic mass is 35.5. The second-order valence-corrected chi connectivity index (χ2v) is 15.6. The van der Waals surface area contributed by atoms with E-state index < -0.39 is 32.6 Å². The number of ketones is 1. The van der Waals surface area contributed by atoms with Crippen LogP contribution in [0.2, 0.25) is 5.02 Å². The molecule has 1 atom stereocenters. The molecule has 0 heterocycles. The van der Waals surface area contributed by atoms with Gasteiger partial charge in [0, 0.05) is 38.1 Å². The first kappa shape index (κ1) is 33.6. The molecule has 10 heteroatoms. The van der Waals surface area contributed by atoms with Crippen LogP contribution in [0.1, 0.15) is 21.5 Å². The molecule has 1 unspecified atom stereocenters. The zero-order valence-corrected chi connectivity index (χ0v) is 28.4. The van der Waals surface area contributed by atoms with Gasteiger partial charge in [-0.2, -0.15) is 0 Å². The lowest BCUT2D eigenvalue weighted by molar-refractivity contribution is 0.103. The van der Waals surface area contributed by atoms with Gasteiger partial charge in [0.15, 0.2) is 20.5 Å². The highest BCUT2D eigenvalue weighted by molar-refractivity contribution is 7.99. The fraction of sp³-hybridized carbons (Fsp3) is 0.0263. The number of carbonyl (C=O) groups is 1. The fourth-order valence-electron chi connectivity index (χ4n) is 5.12. The number of hydrogen-bond acceptors (Lipinski definition) is 5. The Bertz CT molecular complexity index is 2240. The van der Waals surface area contributed by atoms with Crippen molar-refractivity contribution in [2.45, 2.75) is 36.3 Å². The molecule has 0 amide bonds. The zero-order chi connectivity index (χ0) is 34.0. The second-order valence-electron chi connectivity index (χ2n) is 10.7. The van der Waals surface area contributed by atoms with Crippen molar-refractivity contribution in [3.63, 3.8) is 0 Å². The van der Waals surface area contributed by atoms with Crippen LogP contribution in [-0.2, 0) is 21.0 Å². The Kier molecular flexibility index (Phi) is 9.87. The molecule has 6 rings (SSSR count). The minimum Gasteiger partial charge on any atom is -0.744 e. The first-order valence-electron chi connectivity index (χ1n) is 14.5. The van der Waals surface area contributed by atoms with Crippen molar-refractivity contribution in [3.8, 4) is 11.1 Å². The second kappa shape index (κ2) is 14.1. The highest BCUT2D eigenvalue weighted by Crippen LogP contribution is 2.41. The number of aryl methyl sites for hydroxylation is 1. The van der Waals surface area contributed by atoms with Crippen molar-refractivity contribution in [2.75, 3.05) is 0 Å². The van der Waals surface area contributed by atoms with E-state index in [1.54, 1.807) is 73.7 Å². The van der Waals surface area contributed by atoms with E-state index in [1.807, 2.05) is 30.3 Å². The SMILES string of the molecule is Cc1ccc(S(=O)(=O)[O-])cc1[S+](c1ccc(F)cc1)c1ccc(F)cc1-c1ccc(Sc2ccc(C(=O)c3ccccc3)cc2Cl)cc1. The molecule has 0 saturated carbocycles. The van der Waals surface area contributed by atoms with Gasteiger partial charge in [0.1, 0.15) is 32.6 Å². The Morgan fingerprint density at radius 1 is 0.729 bits per heavy atom. The Hall–Kier alpha value is -4.25. The largest absolute Gasteiger partial charge is 0.744 e. The smallest absolute Gasteiger partial charge is 0.193 e. The maximum atomic E-state index is 14.9. The summed E-state index contributed by atoms with van der Waals surface area (Å²) in [5, 5.41) is 0.430. The van der Waals surface area contributed by atoms with E-state index in [0.29, 0.717) is 47.5 Å². The van der Waals surface area contributed by atoms with Crippen LogP contribution >= 0.6 is 23.4 Å². The van der Waals surface area contributed by atoms with Crippen molar-refractivity contribution in [2.24, 2.45) is 0 Å². The molecule has 6 aromatic rings. The Balaban J connectivity index is 1.36. The average Bonchev–Trinajstić information content (AvgIpc) is 3.08. The molecule has 0 aliphatic rings. The van der Waals surface area contributed by atoms with Gasteiger partial charge >= 0.3 is 0 Å². The molecule has 0 radical (unpaired) electrons. The Morgan fingerprint density at radius 2 is 1.42 bits per heavy atom. The molecule has 0 spiro atoms. The molecule has 0 bridgehead atoms. The summed E-state index contributed by atoms with van der Waals surface area (Å²) in [6, 6.07) is 36.0. The van der Waals surface area contributed by atoms with Crippen molar-refractivity contribution < 1.29 is 26.5 Å². The van der Waals surface area contributed by atoms with Gasteiger partial charge in [0.25, 0.3) is 0 Å². The minimum atomic E-state index is -4.76. The summed E-state index contributed by atoms with van der Waals surface area (Å²) < 4.78 is 64.8. The molecule has 0 saturated heterocycles. The molecule has 0 aromatic heterocycles. The summed E-state index contributed by atoms with van der Waals surface area (Å²) in [6.07, 6.45) is 0. The van der Waals surface area contributed by atoms with Crippen LogP contribution in [-0.4, -0.2) is 18.8 Å². The number of benzene rings is 6. The van der Waals surface area contributed by atoms with Gasteiger partial charge in [-0.25, -0.2) is 17.2 Å². The first-order valence-corrected chi connectivity index (χ1v) is 18.3. The van der Waals surface area contributed by atoms with Crippen LogP contribution in [0.25, 0.3) is 11.1 Å². The zero-order valence-electron chi connectivity index (χ0n) is 25.2. The van der Waals surface area contributed by atoms with Gasteiger partial charge in [0.2, 0.25) is 0 Å². The first-order chi connectivity index (χ1) is 23.0. The van der Waals surface area contributed by atoms with Crippen molar-refractivity contribution in [1.82, 2.24) is 0 Å². The highest BCUT2D eigenvalue weighted by Gasteiger charge is 2.34. The maximum absolute atomic E-state index is 14.9. The third-order valence-electron chi connectivity index (χ3n) is 7.50. The lowest BCUT2D eigenvalue weighted by atomic mass is 10.0. The third-order valence-corrected chi connectivity index (χ3v) is 12.3. The van der Waals surface area contributed by atoms with Crippen LogP contribution < -0.4 is 0 Å². The Labute approximate surface area is 289 Å². The van der Waals surface area contributed by atoms with E-state index in [9.17, 15) is 26.5 Å². The Morgan fingerprint density at radius 3 is 2.08 bits per heavy atom. The van der Waals surface area contributed by atoms with Crippen LogP contribution in [0.5, 0.6) is 0 Å². The molecule has 4 nitrogen and oxygen atoms in total. The minimum absolute atomic E-state index is 0.125. The van der Waals surface area contributed by atoms with E-state index in [0.717, 1.165) is 9.79 Å². The monoisotopic (exact) mass is 714 g/mol. The van der Waals surface area contributed by atoms with Crippen LogP contribution in [0, 0.1) is 18.6 Å². The molecule has 48 heavy (non-hydrogen) atoms.